The topological polar surface area (TPSA) is 55.6 Å². The molecule has 1 aliphatic carbocycles. The van der Waals surface area contributed by atoms with Crippen molar-refractivity contribution in [3.05, 3.63) is 28.8 Å². The number of carbonyl (C=O) groups excluding carboxylic acids is 1. The van der Waals surface area contributed by atoms with Crippen molar-refractivity contribution in [2.45, 2.75) is 44.2 Å². The fraction of sp³-hybridized carbons (Fsp3) is 0.562. The summed E-state index contributed by atoms with van der Waals surface area (Å²) in [4.78, 5) is 14.5. The molecule has 1 saturated carbocycles. The van der Waals surface area contributed by atoms with Crippen LogP contribution in [0.1, 0.15) is 42.5 Å². The van der Waals surface area contributed by atoms with Crippen LogP contribution in [0.15, 0.2) is 18.2 Å². The van der Waals surface area contributed by atoms with Crippen LogP contribution >= 0.6 is 11.6 Å². The molecule has 1 unspecified atom stereocenters. The van der Waals surface area contributed by atoms with Gasteiger partial charge in [-0.25, -0.2) is 0 Å². The summed E-state index contributed by atoms with van der Waals surface area (Å²) in [6.45, 7) is 1.31. The molecule has 4 nitrogen and oxygen atoms in total. The van der Waals surface area contributed by atoms with Crippen LogP contribution in [0.2, 0.25) is 5.02 Å². The number of halogens is 1. The first-order chi connectivity index (χ1) is 10.1. The molecule has 0 radical (unpaired) electrons. The first kappa shape index (κ1) is 14.7. The summed E-state index contributed by atoms with van der Waals surface area (Å²) in [7, 11) is 0. The molecule has 0 aromatic heterocycles. The average molecular weight is 309 g/mol. The van der Waals surface area contributed by atoms with Crippen molar-refractivity contribution in [2.24, 2.45) is 5.73 Å². The van der Waals surface area contributed by atoms with Crippen LogP contribution in [-0.4, -0.2) is 36.0 Å². The minimum Gasteiger partial charge on any atom is -0.490 e. The second-order valence-electron chi connectivity index (χ2n) is 5.96. The predicted molar refractivity (Wildman–Crippen MR) is 82.8 cm³/mol. The fourth-order valence-corrected chi connectivity index (χ4v) is 3.27. The van der Waals surface area contributed by atoms with Crippen LogP contribution in [0.3, 0.4) is 0 Å². The zero-order chi connectivity index (χ0) is 14.8. The van der Waals surface area contributed by atoms with Crippen LogP contribution in [0.4, 0.5) is 0 Å². The Labute approximate surface area is 130 Å². The van der Waals surface area contributed by atoms with Crippen molar-refractivity contribution in [2.75, 3.05) is 13.1 Å². The van der Waals surface area contributed by atoms with Gasteiger partial charge in [0.1, 0.15) is 5.75 Å². The van der Waals surface area contributed by atoms with Gasteiger partial charge in [-0.05, 0) is 50.3 Å². The van der Waals surface area contributed by atoms with Gasteiger partial charge in [0.25, 0.3) is 5.91 Å². The van der Waals surface area contributed by atoms with E-state index >= 15 is 0 Å². The number of carbonyl (C=O) groups is 1. The summed E-state index contributed by atoms with van der Waals surface area (Å²) in [5, 5.41) is 0.556. The highest BCUT2D eigenvalue weighted by atomic mass is 35.5. The van der Waals surface area contributed by atoms with E-state index in [-0.39, 0.29) is 18.1 Å². The molecule has 0 bridgehead atoms. The smallest absolute Gasteiger partial charge is 0.257 e. The van der Waals surface area contributed by atoms with Gasteiger partial charge in [-0.2, -0.15) is 0 Å². The van der Waals surface area contributed by atoms with Gasteiger partial charge < -0.3 is 15.4 Å². The Kier molecular flexibility index (Phi) is 4.36. The minimum absolute atomic E-state index is 0.0292. The number of hydrogen-bond acceptors (Lipinski definition) is 3. The Morgan fingerprint density at radius 2 is 2.05 bits per heavy atom. The Morgan fingerprint density at radius 1 is 1.29 bits per heavy atom. The minimum atomic E-state index is -0.0292. The monoisotopic (exact) mass is 308 g/mol. The SMILES string of the molecule is NC1CCN(C(=O)c2cc(Cl)ccc2OC2CCCC2)C1. The summed E-state index contributed by atoms with van der Waals surface area (Å²) in [6.07, 6.45) is 5.59. The highest BCUT2D eigenvalue weighted by Crippen LogP contribution is 2.30. The Balaban J connectivity index is 1.81. The summed E-state index contributed by atoms with van der Waals surface area (Å²) >= 11 is 6.06. The maximum absolute atomic E-state index is 12.7. The van der Waals surface area contributed by atoms with Crippen molar-refractivity contribution in [1.29, 1.82) is 0 Å². The molecular formula is C16H21ClN2O2. The average Bonchev–Trinajstić information content (AvgIpc) is 3.11. The quantitative estimate of drug-likeness (QED) is 0.934. The van der Waals surface area contributed by atoms with Crippen molar-refractivity contribution in [3.63, 3.8) is 0 Å². The molecular weight excluding hydrogens is 288 g/mol. The van der Waals surface area contributed by atoms with Gasteiger partial charge in [-0.3, -0.25) is 4.79 Å². The number of hydrogen-bond donors (Lipinski definition) is 1. The van der Waals surface area contributed by atoms with Crippen molar-refractivity contribution in [3.8, 4) is 5.75 Å². The molecule has 114 valence electrons. The van der Waals surface area contributed by atoms with Gasteiger partial charge in [0, 0.05) is 24.2 Å². The van der Waals surface area contributed by atoms with E-state index in [2.05, 4.69) is 0 Å². The normalized spacial score (nSPS) is 22.8. The number of rotatable bonds is 3. The van der Waals surface area contributed by atoms with E-state index in [1.165, 1.54) is 12.8 Å². The summed E-state index contributed by atoms with van der Waals surface area (Å²) in [5.41, 5.74) is 6.45. The molecule has 1 amide bonds. The van der Waals surface area contributed by atoms with Gasteiger partial charge in [0.05, 0.1) is 11.7 Å². The van der Waals surface area contributed by atoms with E-state index < -0.39 is 0 Å². The highest BCUT2D eigenvalue weighted by Gasteiger charge is 2.27. The first-order valence-corrected chi connectivity index (χ1v) is 8.02. The molecule has 1 atom stereocenters. The standard InChI is InChI=1S/C16H21ClN2O2/c17-11-5-6-15(21-13-3-1-2-4-13)14(9-11)16(20)19-8-7-12(18)10-19/h5-6,9,12-13H,1-4,7-8,10,18H2. The second kappa shape index (κ2) is 6.24. The number of amides is 1. The summed E-state index contributed by atoms with van der Waals surface area (Å²) in [5.74, 6) is 0.621. The third-order valence-corrected chi connectivity index (χ3v) is 4.51. The third kappa shape index (κ3) is 3.33. The molecule has 21 heavy (non-hydrogen) atoms. The van der Waals surface area contributed by atoms with Crippen LogP contribution in [0, 0.1) is 0 Å². The van der Waals surface area contributed by atoms with Crippen molar-refractivity contribution in [1.82, 2.24) is 4.90 Å². The van der Waals surface area contributed by atoms with Gasteiger partial charge in [-0.15, -0.1) is 0 Å². The molecule has 2 fully saturated rings. The predicted octanol–water partition coefficient (Wildman–Crippen LogP) is 2.83. The van der Waals surface area contributed by atoms with Gasteiger partial charge in [-0.1, -0.05) is 11.6 Å². The first-order valence-electron chi connectivity index (χ1n) is 7.64. The van der Waals surface area contributed by atoms with Gasteiger partial charge in [0.15, 0.2) is 0 Å². The fourth-order valence-electron chi connectivity index (χ4n) is 3.10. The molecule has 1 aromatic carbocycles. The Hall–Kier alpha value is -1.26. The number of ether oxygens (including phenoxy) is 1. The number of nitrogens with zero attached hydrogens (tertiary/aromatic N) is 1. The lowest BCUT2D eigenvalue weighted by Crippen LogP contribution is -2.32. The van der Waals surface area contributed by atoms with E-state index in [1.54, 1.807) is 17.0 Å². The number of benzene rings is 1. The number of likely N-dealkylation sites (tertiary alicyclic amines) is 1. The van der Waals surface area contributed by atoms with E-state index in [9.17, 15) is 4.79 Å². The van der Waals surface area contributed by atoms with Crippen molar-refractivity contribution < 1.29 is 9.53 Å². The van der Waals surface area contributed by atoms with Gasteiger partial charge in [0.2, 0.25) is 0 Å². The molecule has 1 aliphatic heterocycles. The Bertz CT molecular complexity index is 529. The van der Waals surface area contributed by atoms with Crippen molar-refractivity contribution >= 4 is 17.5 Å². The van der Waals surface area contributed by atoms with E-state index in [4.69, 9.17) is 22.1 Å². The zero-order valence-electron chi connectivity index (χ0n) is 12.1. The van der Waals surface area contributed by atoms with Gasteiger partial charge >= 0.3 is 0 Å². The summed E-state index contributed by atoms with van der Waals surface area (Å²) in [6, 6.07) is 5.37. The number of nitrogens with two attached hydrogens (primary N) is 1. The third-order valence-electron chi connectivity index (χ3n) is 4.28. The van der Waals surface area contributed by atoms with E-state index in [1.807, 2.05) is 6.07 Å². The largest absolute Gasteiger partial charge is 0.490 e. The summed E-state index contributed by atoms with van der Waals surface area (Å²) < 4.78 is 6.03. The molecule has 3 rings (SSSR count). The van der Waals surface area contributed by atoms with Crippen LogP contribution < -0.4 is 10.5 Å². The molecule has 1 saturated heterocycles. The second-order valence-corrected chi connectivity index (χ2v) is 6.40. The van der Waals surface area contributed by atoms with Crippen LogP contribution in [-0.2, 0) is 0 Å². The molecule has 1 aromatic rings. The molecule has 2 N–H and O–H groups in total. The van der Waals surface area contributed by atoms with Crippen LogP contribution in [0.25, 0.3) is 0 Å². The van der Waals surface area contributed by atoms with E-state index in [0.29, 0.717) is 29.4 Å². The maximum atomic E-state index is 12.7. The van der Waals surface area contributed by atoms with Crippen LogP contribution in [0.5, 0.6) is 5.75 Å². The highest BCUT2D eigenvalue weighted by molar-refractivity contribution is 6.31. The Morgan fingerprint density at radius 3 is 2.71 bits per heavy atom. The lowest BCUT2D eigenvalue weighted by Gasteiger charge is -2.20. The molecule has 1 heterocycles. The molecule has 2 aliphatic rings. The lowest BCUT2D eigenvalue weighted by atomic mass is 10.1. The molecule has 5 heteroatoms. The van der Waals surface area contributed by atoms with E-state index in [0.717, 1.165) is 19.3 Å². The zero-order valence-corrected chi connectivity index (χ0v) is 12.8. The maximum Gasteiger partial charge on any atom is 0.257 e. The lowest BCUT2D eigenvalue weighted by molar-refractivity contribution is 0.0783. The molecule has 0 spiro atoms.